The van der Waals surface area contributed by atoms with Crippen molar-refractivity contribution in [2.75, 3.05) is 21.3 Å². The van der Waals surface area contributed by atoms with Crippen molar-refractivity contribution in [2.45, 2.75) is 19.8 Å². The summed E-state index contributed by atoms with van der Waals surface area (Å²) in [4.78, 5) is 36.8. The number of ether oxygens (including phenoxy) is 3. The summed E-state index contributed by atoms with van der Waals surface area (Å²) in [6.45, 7) is 3.23. The van der Waals surface area contributed by atoms with E-state index in [2.05, 4.69) is 15.9 Å². The minimum absolute atomic E-state index is 0.548. The maximum Gasteiger partial charge on any atom is 0.320 e. The number of methoxy groups -OCH3 is 3. The molecule has 0 aliphatic rings. The SMILES string of the molecule is COC(=O)C(C(=O)OC)C(c1ccc(Br)cc1)C(C)(C)C(=O)OC. The molecule has 6 nitrogen and oxygen atoms in total. The van der Waals surface area contributed by atoms with Gasteiger partial charge in [0.25, 0.3) is 0 Å². The molecule has 0 bridgehead atoms. The highest BCUT2D eigenvalue weighted by molar-refractivity contribution is 9.10. The molecule has 0 aliphatic heterocycles. The Kier molecular flexibility index (Phi) is 6.95. The summed E-state index contributed by atoms with van der Waals surface area (Å²) in [5, 5.41) is 0. The van der Waals surface area contributed by atoms with Crippen LogP contribution in [-0.2, 0) is 28.6 Å². The van der Waals surface area contributed by atoms with Crippen LogP contribution in [0.2, 0.25) is 0 Å². The molecule has 0 N–H and O–H groups in total. The minimum atomic E-state index is -1.30. The van der Waals surface area contributed by atoms with Crippen molar-refractivity contribution < 1.29 is 28.6 Å². The Balaban J connectivity index is 3.56. The van der Waals surface area contributed by atoms with Crippen LogP contribution in [0.4, 0.5) is 0 Å². The molecule has 1 rings (SSSR count). The van der Waals surface area contributed by atoms with Crippen molar-refractivity contribution in [2.24, 2.45) is 11.3 Å². The van der Waals surface area contributed by atoms with Gasteiger partial charge in [0.1, 0.15) is 0 Å². The number of esters is 3. The van der Waals surface area contributed by atoms with Crippen molar-refractivity contribution in [3.05, 3.63) is 34.3 Å². The van der Waals surface area contributed by atoms with Gasteiger partial charge in [-0.3, -0.25) is 14.4 Å². The first-order valence-electron chi connectivity index (χ1n) is 7.20. The zero-order valence-electron chi connectivity index (χ0n) is 14.3. The third-order valence-electron chi connectivity index (χ3n) is 3.96. The largest absolute Gasteiger partial charge is 0.469 e. The molecule has 0 heterocycles. The molecule has 0 saturated heterocycles. The molecule has 0 amide bonds. The van der Waals surface area contributed by atoms with E-state index >= 15 is 0 Å². The van der Waals surface area contributed by atoms with Gasteiger partial charge in [-0.25, -0.2) is 0 Å². The first kappa shape index (κ1) is 20.2. The quantitative estimate of drug-likeness (QED) is 0.414. The summed E-state index contributed by atoms with van der Waals surface area (Å²) in [5.74, 6) is -4.21. The second kappa shape index (κ2) is 8.28. The van der Waals surface area contributed by atoms with E-state index in [1.807, 2.05) is 0 Å². The predicted molar refractivity (Wildman–Crippen MR) is 90.2 cm³/mol. The Morgan fingerprint density at radius 1 is 0.917 bits per heavy atom. The lowest BCUT2D eigenvalue weighted by Crippen LogP contribution is -2.43. The van der Waals surface area contributed by atoms with Gasteiger partial charge in [-0.1, -0.05) is 28.1 Å². The highest BCUT2D eigenvalue weighted by Gasteiger charge is 2.50. The Morgan fingerprint density at radius 2 is 1.38 bits per heavy atom. The minimum Gasteiger partial charge on any atom is -0.469 e. The fourth-order valence-electron chi connectivity index (χ4n) is 2.71. The van der Waals surface area contributed by atoms with Crippen molar-refractivity contribution >= 4 is 33.8 Å². The second-order valence-corrected chi connectivity index (χ2v) is 6.68. The van der Waals surface area contributed by atoms with Crippen LogP contribution in [-0.4, -0.2) is 39.2 Å². The zero-order valence-corrected chi connectivity index (χ0v) is 15.9. The van der Waals surface area contributed by atoms with Crippen LogP contribution >= 0.6 is 15.9 Å². The third-order valence-corrected chi connectivity index (χ3v) is 4.49. The van der Waals surface area contributed by atoms with Crippen LogP contribution in [0.25, 0.3) is 0 Å². The van der Waals surface area contributed by atoms with E-state index in [-0.39, 0.29) is 0 Å². The Bertz CT molecular complexity index is 592. The Labute approximate surface area is 149 Å². The summed E-state index contributed by atoms with van der Waals surface area (Å²) in [6, 6.07) is 7.00. The first-order valence-corrected chi connectivity index (χ1v) is 7.99. The van der Waals surface area contributed by atoms with Crippen LogP contribution in [0.3, 0.4) is 0 Å². The molecule has 7 heteroatoms. The molecule has 0 spiro atoms. The van der Waals surface area contributed by atoms with Gasteiger partial charge in [-0.05, 0) is 31.5 Å². The van der Waals surface area contributed by atoms with E-state index in [9.17, 15) is 14.4 Å². The smallest absolute Gasteiger partial charge is 0.320 e. The molecule has 0 aliphatic carbocycles. The standard InChI is InChI=1S/C17H21BrO6/c1-17(2,16(21)24-5)13(10-6-8-11(18)9-7-10)12(14(19)22-3)15(20)23-4/h6-9,12-13H,1-5H3. The van der Waals surface area contributed by atoms with E-state index < -0.39 is 35.2 Å². The van der Waals surface area contributed by atoms with Crippen molar-refractivity contribution in [1.82, 2.24) is 0 Å². The van der Waals surface area contributed by atoms with Crippen LogP contribution < -0.4 is 0 Å². The van der Waals surface area contributed by atoms with Crippen LogP contribution in [0.15, 0.2) is 28.7 Å². The van der Waals surface area contributed by atoms with Gasteiger partial charge in [-0.2, -0.15) is 0 Å². The summed E-state index contributed by atoms with van der Waals surface area (Å²) in [5.41, 5.74) is -0.551. The molecule has 1 atom stereocenters. The monoisotopic (exact) mass is 400 g/mol. The molecule has 0 radical (unpaired) electrons. The fourth-order valence-corrected chi connectivity index (χ4v) is 2.97. The zero-order chi connectivity index (χ0) is 18.5. The first-order chi connectivity index (χ1) is 11.2. The van der Waals surface area contributed by atoms with Crippen LogP contribution in [0, 0.1) is 11.3 Å². The second-order valence-electron chi connectivity index (χ2n) is 5.77. The summed E-state index contributed by atoms with van der Waals surface area (Å²) < 4.78 is 15.2. The van der Waals surface area contributed by atoms with Crippen molar-refractivity contribution in [3.63, 3.8) is 0 Å². The molecule has 1 aromatic rings. The highest BCUT2D eigenvalue weighted by atomic mass is 79.9. The lowest BCUT2D eigenvalue weighted by atomic mass is 9.68. The van der Waals surface area contributed by atoms with Crippen LogP contribution in [0.1, 0.15) is 25.3 Å². The lowest BCUT2D eigenvalue weighted by Gasteiger charge is -2.35. The van der Waals surface area contributed by atoms with E-state index in [4.69, 9.17) is 14.2 Å². The number of rotatable bonds is 6. The normalized spacial score (nSPS) is 12.5. The van der Waals surface area contributed by atoms with Gasteiger partial charge in [0.2, 0.25) is 0 Å². The number of halogens is 1. The summed E-state index contributed by atoms with van der Waals surface area (Å²) in [7, 11) is 3.62. The van der Waals surface area contributed by atoms with E-state index in [1.54, 1.807) is 38.1 Å². The number of carbonyl (C=O) groups is 3. The molecule has 0 fully saturated rings. The topological polar surface area (TPSA) is 78.9 Å². The Morgan fingerprint density at radius 3 is 1.75 bits per heavy atom. The molecular formula is C17H21BrO6. The summed E-state index contributed by atoms with van der Waals surface area (Å²) in [6.07, 6.45) is 0. The van der Waals surface area contributed by atoms with Gasteiger partial charge in [0.05, 0.1) is 26.7 Å². The van der Waals surface area contributed by atoms with Gasteiger partial charge >= 0.3 is 17.9 Å². The molecule has 132 valence electrons. The van der Waals surface area contributed by atoms with E-state index in [1.165, 1.54) is 21.3 Å². The van der Waals surface area contributed by atoms with Gasteiger partial charge in [0.15, 0.2) is 5.92 Å². The average Bonchev–Trinajstić information content (AvgIpc) is 2.58. The molecule has 24 heavy (non-hydrogen) atoms. The average molecular weight is 401 g/mol. The van der Waals surface area contributed by atoms with Gasteiger partial charge in [-0.15, -0.1) is 0 Å². The molecule has 1 unspecified atom stereocenters. The number of benzene rings is 1. The fraction of sp³-hybridized carbons (Fsp3) is 0.471. The van der Waals surface area contributed by atoms with Crippen molar-refractivity contribution in [1.29, 1.82) is 0 Å². The number of hydrogen-bond donors (Lipinski definition) is 0. The maximum absolute atomic E-state index is 12.3. The number of carbonyl (C=O) groups excluding carboxylic acids is 3. The molecule has 0 saturated carbocycles. The van der Waals surface area contributed by atoms with Crippen LogP contribution in [0.5, 0.6) is 0 Å². The van der Waals surface area contributed by atoms with Gasteiger partial charge in [0, 0.05) is 10.4 Å². The Hall–Kier alpha value is -1.89. The van der Waals surface area contributed by atoms with Gasteiger partial charge < -0.3 is 14.2 Å². The molecular weight excluding hydrogens is 380 g/mol. The third kappa shape index (κ3) is 4.14. The molecule has 1 aromatic carbocycles. The van der Waals surface area contributed by atoms with Crippen molar-refractivity contribution in [3.8, 4) is 0 Å². The number of hydrogen-bond acceptors (Lipinski definition) is 6. The summed E-state index contributed by atoms with van der Waals surface area (Å²) >= 11 is 3.33. The predicted octanol–water partition coefficient (Wildman–Crippen LogP) is 2.69. The van der Waals surface area contributed by atoms with E-state index in [0.29, 0.717) is 5.56 Å². The highest BCUT2D eigenvalue weighted by Crippen LogP contribution is 2.43. The molecule has 0 aromatic heterocycles. The van der Waals surface area contributed by atoms with E-state index in [0.717, 1.165) is 4.47 Å². The lowest BCUT2D eigenvalue weighted by molar-refractivity contribution is -0.165. The maximum atomic E-state index is 12.3.